The molecule has 150 valence electrons. The number of methoxy groups -OCH3 is 1. The number of esters is 1. The van der Waals surface area contributed by atoms with Gasteiger partial charge in [-0.25, -0.2) is 0 Å². The topological polar surface area (TPSA) is 43.4 Å². The van der Waals surface area contributed by atoms with Crippen LogP contribution in [0.5, 0.6) is 0 Å². The van der Waals surface area contributed by atoms with Crippen molar-refractivity contribution < 1.29 is 14.1 Å². The van der Waals surface area contributed by atoms with Crippen LogP contribution < -0.4 is 10.6 Å². The van der Waals surface area contributed by atoms with Gasteiger partial charge in [-0.2, -0.15) is 0 Å². The Morgan fingerprint density at radius 3 is 2.04 bits per heavy atom. The quantitative estimate of drug-likeness (QED) is 0.267. The van der Waals surface area contributed by atoms with E-state index in [-0.39, 0.29) is 5.97 Å². The zero-order valence-corrected chi connectivity index (χ0v) is 18.4. The van der Waals surface area contributed by atoms with Crippen molar-refractivity contribution in [3.63, 3.8) is 0 Å². The van der Waals surface area contributed by atoms with Crippen LogP contribution in [0.3, 0.4) is 0 Å². The molecule has 0 aliphatic heterocycles. The van der Waals surface area contributed by atoms with Gasteiger partial charge in [0.1, 0.15) is 0 Å². The standard InChI is InChI=1S/C23H29O3PS/c1-3-4-18-28-22(16-11-17-23(24)26-2)19-27(25,20-12-7-5-8-13-20)21-14-9-6-10-15-21/h5-10,12-15,19H,3-4,11,16-18H2,1-2H3/b22-19+. The summed E-state index contributed by atoms with van der Waals surface area (Å²) in [6, 6.07) is 19.4. The number of hydrogen-bond donors (Lipinski definition) is 0. The molecule has 0 aromatic heterocycles. The molecule has 0 radical (unpaired) electrons. The van der Waals surface area contributed by atoms with E-state index in [2.05, 4.69) is 6.92 Å². The summed E-state index contributed by atoms with van der Waals surface area (Å²) in [6.07, 6.45) is 4.04. The highest BCUT2D eigenvalue weighted by Gasteiger charge is 2.25. The zero-order valence-electron chi connectivity index (χ0n) is 16.7. The fraction of sp³-hybridized carbons (Fsp3) is 0.348. The molecule has 3 nitrogen and oxygen atoms in total. The van der Waals surface area contributed by atoms with E-state index in [1.54, 1.807) is 11.8 Å². The van der Waals surface area contributed by atoms with Gasteiger partial charge < -0.3 is 9.30 Å². The third-order valence-corrected chi connectivity index (χ3v) is 8.59. The van der Waals surface area contributed by atoms with Gasteiger partial charge in [-0.3, -0.25) is 4.79 Å². The van der Waals surface area contributed by atoms with Gasteiger partial charge >= 0.3 is 5.97 Å². The van der Waals surface area contributed by atoms with E-state index in [1.807, 2.05) is 66.5 Å². The normalized spacial score (nSPS) is 12.0. The zero-order chi connectivity index (χ0) is 20.2. The van der Waals surface area contributed by atoms with E-state index in [0.29, 0.717) is 12.8 Å². The number of unbranched alkanes of at least 4 members (excludes halogenated alkanes) is 1. The molecule has 5 heteroatoms. The maximum atomic E-state index is 14.2. The van der Waals surface area contributed by atoms with E-state index in [0.717, 1.165) is 40.5 Å². The van der Waals surface area contributed by atoms with Gasteiger partial charge in [0, 0.05) is 17.0 Å². The fourth-order valence-corrected chi connectivity index (χ4v) is 6.92. The molecule has 0 amide bonds. The summed E-state index contributed by atoms with van der Waals surface area (Å²) in [5.74, 6) is 2.76. The van der Waals surface area contributed by atoms with Crippen LogP contribution in [0.25, 0.3) is 0 Å². The average molecular weight is 417 g/mol. The lowest BCUT2D eigenvalue weighted by Gasteiger charge is -2.18. The Labute approximate surface area is 173 Å². The number of allylic oxidation sites excluding steroid dienone is 1. The van der Waals surface area contributed by atoms with Crippen molar-refractivity contribution in [1.82, 2.24) is 0 Å². The Morgan fingerprint density at radius 1 is 0.964 bits per heavy atom. The number of carbonyl (C=O) groups is 1. The molecular weight excluding hydrogens is 387 g/mol. The molecule has 0 spiro atoms. The highest BCUT2D eigenvalue weighted by Crippen LogP contribution is 2.48. The first-order chi connectivity index (χ1) is 13.6. The summed E-state index contributed by atoms with van der Waals surface area (Å²) in [4.78, 5) is 12.6. The van der Waals surface area contributed by atoms with Gasteiger partial charge in [0.25, 0.3) is 0 Å². The van der Waals surface area contributed by atoms with Gasteiger partial charge in [0.2, 0.25) is 0 Å². The van der Waals surface area contributed by atoms with Crippen molar-refractivity contribution >= 4 is 35.5 Å². The lowest BCUT2D eigenvalue weighted by molar-refractivity contribution is -0.140. The predicted molar refractivity (Wildman–Crippen MR) is 121 cm³/mol. The maximum Gasteiger partial charge on any atom is 0.305 e. The summed E-state index contributed by atoms with van der Waals surface area (Å²) in [5, 5.41) is 1.67. The van der Waals surface area contributed by atoms with Gasteiger partial charge in [-0.05, 0) is 35.7 Å². The summed E-state index contributed by atoms with van der Waals surface area (Å²) >= 11 is 1.76. The molecule has 2 rings (SSSR count). The van der Waals surface area contributed by atoms with E-state index in [4.69, 9.17) is 4.74 Å². The molecule has 0 atom stereocenters. The number of benzene rings is 2. The van der Waals surface area contributed by atoms with Gasteiger partial charge in [0.05, 0.1) is 7.11 Å². The first-order valence-electron chi connectivity index (χ1n) is 9.72. The smallest absolute Gasteiger partial charge is 0.305 e. The SMILES string of the molecule is CCCCS/C(=C/P(=O)(c1ccccc1)c1ccccc1)CCCC(=O)OC. The Kier molecular flexibility index (Phi) is 9.60. The molecular formula is C23H29O3PS. The van der Waals surface area contributed by atoms with Crippen molar-refractivity contribution in [3.05, 3.63) is 71.4 Å². The lowest BCUT2D eigenvalue weighted by atomic mass is 10.2. The third kappa shape index (κ3) is 6.68. The molecule has 0 aliphatic rings. The molecule has 2 aromatic carbocycles. The summed E-state index contributed by atoms with van der Waals surface area (Å²) in [6.45, 7) is 2.17. The second-order valence-electron chi connectivity index (χ2n) is 6.56. The molecule has 28 heavy (non-hydrogen) atoms. The number of ether oxygens (including phenoxy) is 1. The molecule has 0 N–H and O–H groups in total. The van der Waals surface area contributed by atoms with Crippen LogP contribution in [-0.2, 0) is 14.1 Å². The summed E-state index contributed by atoms with van der Waals surface area (Å²) < 4.78 is 19.0. The minimum absolute atomic E-state index is 0.202. The predicted octanol–water partition coefficient (Wildman–Crippen LogP) is 5.72. The van der Waals surface area contributed by atoms with Crippen molar-refractivity contribution in [2.75, 3.05) is 12.9 Å². The number of thioether (sulfide) groups is 1. The molecule has 2 aromatic rings. The van der Waals surface area contributed by atoms with Gasteiger partial charge in [-0.15, -0.1) is 11.8 Å². The van der Waals surface area contributed by atoms with Crippen LogP contribution in [0.1, 0.15) is 39.0 Å². The summed E-state index contributed by atoms with van der Waals surface area (Å²) in [7, 11) is -1.49. The number of carbonyl (C=O) groups excluding carboxylic acids is 1. The molecule has 0 bridgehead atoms. The Hall–Kier alpha value is -1.77. The average Bonchev–Trinajstić information content (AvgIpc) is 2.74. The monoisotopic (exact) mass is 416 g/mol. The molecule has 0 heterocycles. The van der Waals surface area contributed by atoms with Crippen molar-refractivity contribution in [2.45, 2.75) is 39.0 Å². The Balaban J connectivity index is 2.37. The maximum absolute atomic E-state index is 14.2. The van der Waals surface area contributed by atoms with Crippen molar-refractivity contribution in [3.8, 4) is 0 Å². The second kappa shape index (κ2) is 11.9. The van der Waals surface area contributed by atoms with Crippen LogP contribution >= 0.6 is 18.9 Å². The minimum Gasteiger partial charge on any atom is -0.469 e. The molecule has 0 unspecified atom stereocenters. The number of hydrogen-bond acceptors (Lipinski definition) is 4. The van der Waals surface area contributed by atoms with Crippen molar-refractivity contribution in [1.29, 1.82) is 0 Å². The van der Waals surface area contributed by atoms with Crippen LogP contribution in [0.2, 0.25) is 0 Å². The Bertz CT molecular complexity index is 760. The van der Waals surface area contributed by atoms with Crippen LogP contribution in [0, 0.1) is 0 Å². The third-order valence-electron chi connectivity index (χ3n) is 4.42. The van der Waals surface area contributed by atoms with E-state index < -0.39 is 7.14 Å². The molecule has 0 fully saturated rings. The van der Waals surface area contributed by atoms with Crippen LogP contribution in [0.15, 0.2) is 71.4 Å². The largest absolute Gasteiger partial charge is 0.469 e. The first-order valence-corrected chi connectivity index (χ1v) is 12.5. The fourth-order valence-electron chi connectivity index (χ4n) is 2.83. The van der Waals surface area contributed by atoms with Crippen LogP contribution in [-0.4, -0.2) is 18.8 Å². The Morgan fingerprint density at radius 2 is 1.54 bits per heavy atom. The van der Waals surface area contributed by atoms with E-state index in [9.17, 15) is 9.36 Å². The van der Waals surface area contributed by atoms with Crippen LogP contribution in [0.4, 0.5) is 0 Å². The highest BCUT2D eigenvalue weighted by atomic mass is 32.2. The molecule has 0 saturated heterocycles. The summed E-state index contributed by atoms with van der Waals surface area (Å²) in [5.41, 5.74) is 0. The van der Waals surface area contributed by atoms with Gasteiger partial charge in [-0.1, -0.05) is 74.0 Å². The van der Waals surface area contributed by atoms with E-state index >= 15 is 0 Å². The molecule has 0 aliphatic carbocycles. The second-order valence-corrected chi connectivity index (χ2v) is 10.4. The minimum atomic E-state index is -2.90. The lowest BCUT2D eigenvalue weighted by Crippen LogP contribution is -2.14. The molecule has 0 saturated carbocycles. The highest BCUT2D eigenvalue weighted by molar-refractivity contribution is 8.03. The van der Waals surface area contributed by atoms with Gasteiger partial charge in [0.15, 0.2) is 7.14 Å². The van der Waals surface area contributed by atoms with Crippen molar-refractivity contribution in [2.24, 2.45) is 0 Å². The van der Waals surface area contributed by atoms with E-state index in [1.165, 1.54) is 7.11 Å². The first kappa shape index (κ1) is 22.5. The number of rotatable bonds is 11.